The summed E-state index contributed by atoms with van der Waals surface area (Å²) in [6.45, 7) is 1.68. The number of piperidine rings is 1. The fourth-order valence-corrected chi connectivity index (χ4v) is 11.6. The van der Waals surface area contributed by atoms with Gasteiger partial charge in [-0.3, -0.25) is 53.3 Å². The lowest BCUT2D eigenvalue weighted by molar-refractivity contribution is -0.143. The Labute approximate surface area is 463 Å². The average molecular weight is 1080 g/mol. The normalized spacial score (nSPS) is 20.1. The lowest BCUT2D eigenvalue weighted by Crippen LogP contribution is -2.59. The van der Waals surface area contributed by atoms with Gasteiger partial charge in [0.1, 0.15) is 23.8 Å². The third kappa shape index (κ3) is 13.2. The molecular weight excluding hydrogens is 1020 g/mol. The van der Waals surface area contributed by atoms with Crippen LogP contribution < -0.4 is 27.0 Å². The van der Waals surface area contributed by atoms with E-state index in [0.29, 0.717) is 72.5 Å². The van der Waals surface area contributed by atoms with Crippen molar-refractivity contribution in [2.45, 2.75) is 152 Å². The number of fused-ring (bicyclic) bond motifs is 3. The number of unbranched alkanes of at least 4 members (excludes halogenated alkanes) is 3. The molecule has 1 aromatic heterocycles. The topological polar surface area (TPSA) is 267 Å². The van der Waals surface area contributed by atoms with Crippen LogP contribution in [0.3, 0.4) is 0 Å². The molecule has 414 valence electrons. The second-order valence-corrected chi connectivity index (χ2v) is 21.3. The lowest BCUT2D eigenvalue weighted by atomic mass is 9.85. The summed E-state index contributed by atoms with van der Waals surface area (Å²) in [7, 11) is 0. The van der Waals surface area contributed by atoms with Gasteiger partial charge in [0.25, 0.3) is 11.8 Å². The number of benzene rings is 4. The number of nitrogens with one attached hydrogen (secondary N) is 5. The summed E-state index contributed by atoms with van der Waals surface area (Å²) < 4.78 is 0. The summed E-state index contributed by atoms with van der Waals surface area (Å²) in [6, 6.07) is 26.2. The number of aromatic nitrogens is 1. The fourth-order valence-electron chi connectivity index (χ4n) is 11.6. The Morgan fingerprint density at radius 3 is 2.25 bits per heavy atom. The molecule has 4 aliphatic rings. The summed E-state index contributed by atoms with van der Waals surface area (Å²) in [5.41, 5.74) is 10.6. The number of aromatic amines is 1. The minimum atomic E-state index is -1.11. The first-order valence-corrected chi connectivity index (χ1v) is 27.6. The molecule has 5 heterocycles. The zero-order valence-electron chi connectivity index (χ0n) is 44.7. The molecule has 0 spiro atoms. The van der Waals surface area contributed by atoms with Crippen molar-refractivity contribution in [1.82, 2.24) is 36.1 Å². The van der Waals surface area contributed by atoms with Gasteiger partial charge in [-0.15, -0.1) is 0 Å². The summed E-state index contributed by atoms with van der Waals surface area (Å²) in [5.74, 6) is 2.07. The maximum absolute atomic E-state index is 14.9. The van der Waals surface area contributed by atoms with Gasteiger partial charge >= 0.3 is 0 Å². The molecule has 0 bridgehead atoms. The van der Waals surface area contributed by atoms with Crippen molar-refractivity contribution in [2.75, 3.05) is 0 Å². The Bertz CT molecular complexity index is 3250. The molecule has 5 aromatic rings. The molecule has 6 atom stereocenters. The number of carbonyl (C=O) groups excluding carboxylic acids is 10. The predicted molar refractivity (Wildman–Crippen MR) is 296 cm³/mol. The van der Waals surface area contributed by atoms with E-state index in [-0.39, 0.29) is 98.8 Å². The molecule has 3 fully saturated rings. The van der Waals surface area contributed by atoms with Crippen LogP contribution in [-0.4, -0.2) is 110 Å². The molecule has 0 saturated carbocycles. The number of nitrogens with two attached hydrogens (primary N) is 1. The predicted octanol–water partition coefficient (Wildman–Crippen LogP) is 5.80. The van der Waals surface area contributed by atoms with E-state index in [4.69, 9.17) is 5.73 Å². The van der Waals surface area contributed by atoms with Crippen LogP contribution in [0.4, 0.5) is 0 Å². The van der Waals surface area contributed by atoms with Gasteiger partial charge in [-0.05, 0) is 118 Å². The first-order valence-electron chi connectivity index (χ1n) is 27.6. The van der Waals surface area contributed by atoms with Gasteiger partial charge in [-0.25, -0.2) is 0 Å². The number of carbonyl (C=O) groups is 10. The summed E-state index contributed by atoms with van der Waals surface area (Å²) in [4.78, 5) is 140. The van der Waals surface area contributed by atoms with Gasteiger partial charge in [0, 0.05) is 84.2 Å². The number of ketones is 2. The van der Waals surface area contributed by atoms with Gasteiger partial charge < -0.3 is 36.5 Å². The number of primary amides is 1. The van der Waals surface area contributed by atoms with E-state index in [1.807, 2.05) is 66.7 Å². The molecule has 18 heteroatoms. The molecule has 80 heavy (non-hydrogen) atoms. The molecule has 1 unspecified atom stereocenters. The van der Waals surface area contributed by atoms with Crippen molar-refractivity contribution in [3.05, 3.63) is 142 Å². The van der Waals surface area contributed by atoms with Crippen LogP contribution in [0.15, 0.2) is 103 Å². The van der Waals surface area contributed by atoms with E-state index in [1.54, 1.807) is 36.4 Å². The van der Waals surface area contributed by atoms with E-state index >= 15 is 0 Å². The zero-order chi connectivity index (χ0) is 56.5. The van der Waals surface area contributed by atoms with Crippen LogP contribution in [-0.2, 0) is 40.1 Å². The standard InChI is InChI=1S/C62H66N8O10/c1-37(71)41-22-25-48-42(32-41)33-51(65-48)58(76)67-50-26-23-43(64-56(74)21-12-4-2-3-7-18-40-19-13-20-45-47(40)36-69(61(45)79)52-29-31-57(75)68-59(52)77)34-44-24-28-53(70(44)62(50)80)60(78)66-49(27-30-55(63)73)54(72)35-46(38-14-8-5-9-15-38)39-16-10-6-11-17-39/h5-6,8-11,13-17,19-20,22,25,32-33,43-44,46,49-50,52-53,65H,2-4,12,21,23-24,26-31,34-36H2,1H3,(H2,63,73)(H,64,74)(H,66,78)(H,67,76)(H,68,75,77)/t43-,44-,49+,50+,52?,53+/m1/s1. The number of imide groups is 1. The van der Waals surface area contributed by atoms with Crippen molar-refractivity contribution in [3.63, 3.8) is 0 Å². The van der Waals surface area contributed by atoms with Crippen LogP contribution in [0.2, 0.25) is 0 Å². The lowest BCUT2D eigenvalue weighted by Gasteiger charge is -2.38. The number of rotatable bonds is 20. The highest BCUT2D eigenvalue weighted by Gasteiger charge is 2.46. The van der Waals surface area contributed by atoms with Crippen molar-refractivity contribution < 1.29 is 47.9 Å². The minimum absolute atomic E-state index is 0.0108. The summed E-state index contributed by atoms with van der Waals surface area (Å²) >= 11 is 0. The third-order valence-corrected chi connectivity index (χ3v) is 15.9. The zero-order valence-corrected chi connectivity index (χ0v) is 44.7. The van der Waals surface area contributed by atoms with Gasteiger partial charge in [-0.2, -0.15) is 0 Å². The summed E-state index contributed by atoms with van der Waals surface area (Å²) in [5, 5.41) is 12.0. The molecular formula is C62H66N8O10. The van der Waals surface area contributed by atoms with E-state index < -0.39 is 65.8 Å². The molecule has 0 aliphatic carbocycles. The van der Waals surface area contributed by atoms with Crippen LogP contribution >= 0.6 is 0 Å². The number of nitrogens with zero attached hydrogens (tertiary/aromatic N) is 2. The maximum atomic E-state index is 14.9. The second-order valence-electron chi connectivity index (χ2n) is 21.3. The number of H-pyrrole nitrogens is 1. The highest BCUT2D eigenvalue weighted by atomic mass is 16.2. The third-order valence-electron chi connectivity index (χ3n) is 15.9. The van der Waals surface area contributed by atoms with Crippen LogP contribution in [0, 0.1) is 11.8 Å². The number of Topliss-reactive ketones (excluding diaryl/α,β-unsaturated/α-hetero) is 2. The summed E-state index contributed by atoms with van der Waals surface area (Å²) in [6.07, 6.45) is 4.49. The van der Waals surface area contributed by atoms with E-state index in [2.05, 4.69) is 38.1 Å². The molecule has 0 radical (unpaired) electrons. The Balaban J connectivity index is 0.857. The maximum Gasteiger partial charge on any atom is 0.268 e. The Kier molecular flexibility index (Phi) is 17.8. The van der Waals surface area contributed by atoms with Crippen molar-refractivity contribution >= 4 is 69.7 Å². The molecule has 9 rings (SSSR count). The van der Waals surface area contributed by atoms with E-state index in [0.717, 1.165) is 16.7 Å². The quantitative estimate of drug-likeness (QED) is 0.0236. The SMILES string of the molecule is CC(=O)c1ccc2[nH]c(C(=O)N[C@H]3CC[C@@H](NC(=O)CCCCCC#Cc4cccc5c4CN(C4CCC(=O)NC4=O)C5=O)C[C@H]4CC[C@@H](C(=O)N[C@@H](CCC(N)=O)C(=O)CC(c5ccccc5)c5ccccc5)N4C3=O)cc2c1. The Hall–Kier alpha value is -8.72. The van der Waals surface area contributed by atoms with Crippen LogP contribution in [0.1, 0.15) is 163 Å². The number of hydrogen-bond acceptors (Lipinski definition) is 10. The highest BCUT2D eigenvalue weighted by molar-refractivity contribution is 6.06. The van der Waals surface area contributed by atoms with Crippen molar-refractivity contribution in [2.24, 2.45) is 5.73 Å². The van der Waals surface area contributed by atoms with Gasteiger partial charge in [0.2, 0.25) is 35.4 Å². The highest BCUT2D eigenvalue weighted by Crippen LogP contribution is 2.34. The first-order chi connectivity index (χ1) is 38.6. The number of hydrogen-bond donors (Lipinski definition) is 6. The van der Waals surface area contributed by atoms with Crippen LogP contribution in [0.5, 0.6) is 0 Å². The van der Waals surface area contributed by atoms with Crippen molar-refractivity contribution in [1.29, 1.82) is 0 Å². The Morgan fingerprint density at radius 1 is 0.787 bits per heavy atom. The average Bonchev–Trinajstić information content (AvgIpc) is 4.18. The van der Waals surface area contributed by atoms with Crippen LogP contribution in [0.25, 0.3) is 10.9 Å². The molecule has 4 aromatic carbocycles. The van der Waals surface area contributed by atoms with E-state index in [9.17, 15) is 47.9 Å². The second kappa shape index (κ2) is 25.4. The van der Waals surface area contributed by atoms with Gasteiger partial charge in [0.05, 0.1) is 6.04 Å². The monoisotopic (exact) mass is 1080 g/mol. The van der Waals surface area contributed by atoms with Crippen molar-refractivity contribution in [3.8, 4) is 11.8 Å². The Morgan fingerprint density at radius 2 is 1.54 bits per heavy atom. The van der Waals surface area contributed by atoms with Gasteiger partial charge in [0.15, 0.2) is 11.6 Å². The largest absolute Gasteiger partial charge is 0.370 e. The van der Waals surface area contributed by atoms with E-state index in [1.165, 1.54) is 16.7 Å². The smallest absolute Gasteiger partial charge is 0.268 e. The van der Waals surface area contributed by atoms with Gasteiger partial charge in [-0.1, -0.05) is 85.0 Å². The number of amides is 8. The first kappa shape index (κ1) is 56.0. The molecule has 4 aliphatic heterocycles. The minimum Gasteiger partial charge on any atom is -0.370 e. The molecule has 7 N–H and O–H groups in total. The molecule has 3 saturated heterocycles. The molecule has 18 nitrogen and oxygen atoms in total. The fraction of sp³-hybridized carbons (Fsp3) is 0.387. The molecule has 8 amide bonds.